The third-order valence-electron chi connectivity index (χ3n) is 6.01. The van der Waals surface area contributed by atoms with Gasteiger partial charge in [0.15, 0.2) is 0 Å². The number of carboxylic acid groups (broad SMARTS) is 1. The van der Waals surface area contributed by atoms with E-state index >= 15 is 0 Å². The summed E-state index contributed by atoms with van der Waals surface area (Å²) in [6, 6.07) is -2.40. The molecule has 0 saturated heterocycles. The maximum absolute atomic E-state index is 13.2. The predicted molar refractivity (Wildman–Crippen MR) is 125 cm³/mol. The van der Waals surface area contributed by atoms with Crippen molar-refractivity contribution in [1.82, 2.24) is 16.0 Å². The minimum Gasteiger partial charge on any atom is -0.481 e. The van der Waals surface area contributed by atoms with Crippen LogP contribution in [0.3, 0.4) is 0 Å². The number of carboxylic acids is 1. The molecular formula is C24H41N3O6. The van der Waals surface area contributed by atoms with Crippen molar-refractivity contribution in [2.45, 2.75) is 97.9 Å². The Morgan fingerprint density at radius 2 is 1.55 bits per heavy atom. The van der Waals surface area contributed by atoms with Gasteiger partial charge in [0.1, 0.15) is 17.7 Å². The van der Waals surface area contributed by atoms with Crippen molar-refractivity contribution < 1.29 is 29.0 Å². The van der Waals surface area contributed by atoms with Gasteiger partial charge < -0.3 is 25.8 Å². The summed E-state index contributed by atoms with van der Waals surface area (Å²) in [7, 11) is 0. The molecule has 0 bridgehead atoms. The van der Waals surface area contributed by atoms with Crippen LogP contribution in [0.15, 0.2) is 12.2 Å². The van der Waals surface area contributed by atoms with Crippen molar-refractivity contribution in [2.24, 2.45) is 17.8 Å². The Kier molecular flexibility index (Phi) is 10.9. The first kappa shape index (κ1) is 28.5. The van der Waals surface area contributed by atoms with Crippen molar-refractivity contribution in [3.63, 3.8) is 0 Å². The molecule has 0 fully saturated rings. The molecule has 0 aromatic carbocycles. The molecular weight excluding hydrogens is 426 g/mol. The first-order valence-corrected chi connectivity index (χ1v) is 11.8. The average molecular weight is 468 g/mol. The quantitative estimate of drug-likeness (QED) is 0.365. The predicted octanol–water partition coefficient (Wildman–Crippen LogP) is 2.99. The van der Waals surface area contributed by atoms with E-state index in [9.17, 15) is 24.3 Å². The Morgan fingerprint density at radius 1 is 1.00 bits per heavy atom. The lowest BCUT2D eigenvalue weighted by Gasteiger charge is -2.31. The summed E-state index contributed by atoms with van der Waals surface area (Å²) in [5, 5.41) is 17.7. The molecule has 0 heterocycles. The Bertz CT molecular complexity index is 730. The Balaban J connectivity index is 3.01. The van der Waals surface area contributed by atoms with Gasteiger partial charge in [-0.3, -0.25) is 14.4 Å². The summed E-state index contributed by atoms with van der Waals surface area (Å²) >= 11 is 0. The lowest BCUT2D eigenvalue weighted by Crippen LogP contribution is -2.59. The first-order chi connectivity index (χ1) is 15.3. The Morgan fingerprint density at radius 3 is 2.03 bits per heavy atom. The Hall–Kier alpha value is -2.58. The molecule has 0 radical (unpaired) electrons. The van der Waals surface area contributed by atoms with E-state index in [1.165, 1.54) is 0 Å². The lowest BCUT2D eigenvalue weighted by atomic mass is 9.88. The fourth-order valence-electron chi connectivity index (χ4n) is 3.59. The second-order valence-electron chi connectivity index (χ2n) is 9.87. The largest absolute Gasteiger partial charge is 0.481 e. The van der Waals surface area contributed by atoms with Crippen LogP contribution in [0, 0.1) is 17.8 Å². The van der Waals surface area contributed by atoms with Crippen LogP contribution in [0.5, 0.6) is 0 Å². The van der Waals surface area contributed by atoms with Crippen LogP contribution in [0.25, 0.3) is 0 Å². The molecule has 3 amide bonds. The van der Waals surface area contributed by atoms with Crippen LogP contribution >= 0.6 is 0 Å². The highest BCUT2D eigenvalue weighted by Gasteiger charge is 2.35. The van der Waals surface area contributed by atoms with Gasteiger partial charge in [-0.25, -0.2) is 4.79 Å². The molecule has 9 heteroatoms. The smallest absolute Gasteiger partial charge is 0.408 e. The van der Waals surface area contributed by atoms with Gasteiger partial charge in [0.2, 0.25) is 11.8 Å². The van der Waals surface area contributed by atoms with Gasteiger partial charge in [-0.05, 0) is 45.4 Å². The molecule has 2 unspecified atom stereocenters. The second kappa shape index (κ2) is 12.6. The van der Waals surface area contributed by atoms with Crippen LogP contribution in [0.4, 0.5) is 4.79 Å². The Labute approximate surface area is 197 Å². The summed E-state index contributed by atoms with van der Waals surface area (Å²) in [6.07, 6.45) is 5.17. The van der Waals surface area contributed by atoms with Gasteiger partial charge in [-0.15, -0.1) is 0 Å². The van der Waals surface area contributed by atoms with Crippen LogP contribution in [-0.4, -0.2) is 52.7 Å². The van der Waals surface area contributed by atoms with E-state index in [-0.39, 0.29) is 11.8 Å². The third kappa shape index (κ3) is 9.06. The molecule has 0 saturated carbocycles. The van der Waals surface area contributed by atoms with E-state index in [1.807, 2.05) is 33.8 Å². The molecule has 9 nitrogen and oxygen atoms in total. The van der Waals surface area contributed by atoms with Crippen molar-refractivity contribution in [2.75, 3.05) is 0 Å². The van der Waals surface area contributed by atoms with Crippen LogP contribution in [-0.2, 0) is 19.1 Å². The number of nitrogens with one attached hydrogen (secondary N) is 3. The summed E-state index contributed by atoms with van der Waals surface area (Å²) in [5.41, 5.74) is -0.714. The highest BCUT2D eigenvalue weighted by atomic mass is 16.6. The second-order valence-corrected chi connectivity index (χ2v) is 9.87. The molecule has 33 heavy (non-hydrogen) atoms. The van der Waals surface area contributed by atoms with E-state index in [4.69, 9.17) is 4.74 Å². The van der Waals surface area contributed by atoms with Gasteiger partial charge in [0.25, 0.3) is 0 Å². The summed E-state index contributed by atoms with van der Waals surface area (Å²) < 4.78 is 5.30. The van der Waals surface area contributed by atoms with Gasteiger partial charge >= 0.3 is 12.1 Å². The molecule has 4 N–H and O–H groups in total. The third-order valence-corrected chi connectivity index (χ3v) is 6.01. The van der Waals surface area contributed by atoms with Crippen LogP contribution in [0.2, 0.25) is 0 Å². The maximum atomic E-state index is 13.2. The normalized spacial score (nSPS) is 21.8. The van der Waals surface area contributed by atoms with Crippen molar-refractivity contribution in [3.8, 4) is 0 Å². The monoisotopic (exact) mass is 467 g/mol. The molecule has 0 aliphatic heterocycles. The molecule has 0 spiro atoms. The molecule has 0 aromatic rings. The molecule has 1 aliphatic carbocycles. The molecule has 0 aromatic heterocycles. The minimum atomic E-state index is -0.966. The number of carbonyl (C=O) groups excluding carboxylic acids is 3. The van der Waals surface area contributed by atoms with Gasteiger partial charge in [0, 0.05) is 0 Å². The number of hydrogen-bond donors (Lipinski definition) is 4. The fourth-order valence-corrected chi connectivity index (χ4v) is 3.59. The zero-order valence-electron chi connectivity index (χ0n) is 20.9. The number of aliphatic carboxylic acids is 1. The van der Waals surface area contributed by atoms with E-state index < -0.39 is 53.5 Å². The number of ether oxygens (including phenoxy) is 1. The molecule has 188 valence electrons. The van der Waals surface area contributed by atoms with Crippen molar-refractivity contribution in [3.05, 3.63) is 12.2 Å². The first-order valence-electron chi connectivity index (χ1n) is 11.8. The van der Waals surface area contributed by atoms with E-state index in [1.54, 1.807) is 26.8 Å². The summed E-state index contributed by atoms with van der Waals surface area (Å²) in [4.78, 5) is 50.2. The number of allylic oxidation sites excluding steroid dienone is 1. The topological polar surface area (TPSA) is 134 Å². The SMILES string of the molecule is CC[C@H](C)[C@H](NC(=O)OC(C)(C)C)C(=O)N[C@H](C(=O)NC1C=CCCC1C(=O)O)[C@@H](C)CC. The molecule has 6 atom stereocenters. The summed E-state index contributed by atoms with van der Waals surface area (Å²) in [5.74, 6) is -3.01. The maximum Gasteiger partial charge on any atom is 0.408 e. The van der Waals surface area contributed by atoms with E-state index in [0.29, 0.717) is 25.7 Å². The van der Waals surface area contributed by atoms with Gasteiger partial charge in [0.05, 0.1) is 12.0 Å². The minimum absolute atomic E-state index is 0.198. The van der Waals surface area contributed by atoms with E-state index in [2.05, 4.69) is 16.0 Å². The van der Waals surface area contributed by atoms with Crippen molar-refractivity contribution in [1.29, 1.82) is 0 Å². The number of rotatable bonds is 10. The lowest BCUT2D eigenvalue weighted by molar-refractivity contribution is -0.143. The van der Waals surface area contributed by atoms with Crippen LogP contribution < -0.4 is 16.0 Å². The highest BCUT2D eigenvalue weighted by molar-refractivity contribution is 5.92. The van der Waals surface area contributed by atoms with E-state index in [0.717, 1.165) is 0 Å². The zero-order valence-corrected chi connectivity index (χ0v) is 20.9. The number of amides is 3. The highest BCUT2D eigenvalue weighted by Crippen LogP contribution is 2.20. The number of alkyl carbamates (subject to hydrolysis) is 1. The number of hydrogen-bond acceptors (Lipinski definition) is 5. The molecule has 1 rings (SSSR count). The standard InChI is InChI=1S/C24H41N3O6/c1-8-14(3)18(20(28)25-17-13-11-10-12-16(17)22(30)31)26-21(29)19(15(4)9-2)27-23(32)33-24(5,6)7/h11,13-19H,8-10,12H2,1-7H3,(H,25,28)(H,26,29)(H,27,32)(H,30,31)/t14-,15-,16?,17?,18-,19-/m0/s1. The zero-order chi connectivity index (χ0) is 25.3. The van der Waals surface area contributed by atoms with Gasteiger partial charge in [-0.1, -0.05) is 52.7 Å². The fraction of sp³-hybridized carbons (Fsp3) is 0.750. The number of carbonyl (C=O) groups is 4. The van der Waals surface area contributed by atoms with Crippen molar-refractivity contribution >= 4 is 23.9 Å². The van der Waals surface area contributed by atoms with Crippen LogP contribution in [0.1, 0.15) is 74.1 Å². The summed E-state index contributed by atoms with van der Waals surface area (Å²) in [6.45, 7) is 12.7. The average Bonchev–Trinajstić information content (AvgIpc) is 2.73. The van der Waals surface area contributed by atoms with Gasteiger partial charge in [-0.2, -0.15) is 0 Å². The molecule has 1 aliphatic rings.